The first-order valence-electron chi connectivity index (χ1n) is 7.58. The fourth-order valence-electron chi connectivity index (χ4n) is 2.80. The van der Waals surface area contributed by atoms with E-state index in [0.29, 0.717) is 18.7 Å². The van der Waals surface area contributed by atoms with Gasteiger partial charge < -0.3 is 10.2 Å². The molecule has 4 heteroatoms. The molecule has 1 heterocycles. The molecule has 0 aliphatic carbocycles. The first-order chi connectivity index (χ1) is 10.7. The lowest BCUT2D eigenvalue weighted by atomic mass is 10.1. The lowest BCUT2D eigenvalue weighted by Gasteiger charge is -2.21. The minimum absolute atomic E-state index is 0.0125. The van der Waals surface area contributed by atoms with Crippen LogP contribution < -0.4 is 5.32 Å². The number of hydrogen-bond donors (Lipinski definition) is 1. The quantitative estimate of drug-likeness (QED) is 0.937. The molecule has 0 radical (unpaired) electrons. The van der Waals surface area contributed by atoms with Gasteiger partial charge in [-0.15, -0.1) is 0 Å². The SMILES string of the molecule is CCN(Cc1cccc(F)c1)C(=O)c1ccc2c(c1)CCN2. The summed E-state index contributed by atoms with van der Waals surface area (Å²) in [6.45, 7) is 3.87. The van der Waals surface area contributed by atoms with Crippen molar-refractivity contribution in [3.63, 3.8) is 0 Å². The maximum atomic E-state index is 13.3. The normalized spacial score (nSPS) is 12.6. The van der Waals surface area contributed by atoms with Crippen molar-refractivity contribution < 1.29 is 9.18 Å². The highest BCUT2D eigenvalue weighted by atomic mass is 19.1. The average molecular weight is 298 g/mol. The number of carbonyl (C=O) groups is 1. The maximum Gasteiger partial charge on any atom is 0.254 e. The van der Waals surface area contributed by atoms with Crippen molar-refractivity contribution in [1.29, 1.82) is 0 Å². The molecule has 0 fully saturated rings. The van der Waals surface area contributed by atoms with Crippen molar-refractivity contribution >= 4 is 11.6 Å². The number of nitrogens with zero attached hydrogens (tertiary/aromatic N) is 1. The number of hydrogen-bond acceptors (Lipinski definition) is 2. The number of nitrogens with one attached hydrogen (secondary N) is 1. The minimum atomic E-state index is -0.274. The molecule has 0 saturated carbocycles. The van der Waals surface area contributed by atoms with E-state index in [4.69, 9.17) is 0 Å². The third kappa shape index (κ3) is 2.96. The molecule has 3 rings (SSSR count). The summed E-state index contributed by atoms with van der Waals surface area (Å²) in [6, 6.07) is 12.2. The van der Waals surface area contributed by atoms with Crippen molar-refractivity contribution in [2.75, 3.05) is 18.4 Å². The Balaban J connectivity index is 1.79. The van der Waals surface area contributed by atoms with Gasteiger partial charge in [0, 0.05) is 30.9 Å². The van der Waals surface area contributed by atoms with E-state index < -0.39 is 0 Å². The molecule has 22 heavy (non-hydrogen) atoms. The van der Waals surface area contributed by atoms with Gasteiger partial charge in [0.05, 0.1) is 0 Å². The smallest absolute Gasteiger partial charge is 0.254 e. The van der Waals surface area contributed by atoms with Crippen LogP contribution in [0.5, 0.6) is 0 Å². The van der Waals surface area contributed by atoms with Crippen molar-refractivity contribution in [3.05, 3.63) is 65.0 Å². The molecule has 3 nitrogen and oxygen atoms in total. The number of carbonyl (C=O) groups excluding carboxylic acids is 1. The van der Waals surface area contributed by atoms with Gasteiger partial charge in [0.25, 0.3) is 5.91 Å². The molecule has 0 saturated heterocycles. The van der Waals surface area contributed by atoms with E-state index in [1.54, 1.807) is 11.0 Å². The van der Waals surface area contributed by atoms with E-state index >= 15 is 0 Å². The molecule has 114 valence electrons. The van der Waals surface area contributed by atoms with Crippen LogP contribution in [0.2, 0.25) is 0 Å². The highest BCUT2D eigenvalue weighted by molar-refractivity contribution is 5.95. The standard InChI is InChI=1S/C18H19FN2O/c1-2-21(12-13-4-3-5-16(19)10-13)18(22)15-6-7-17-14(11-15)8-9-20-17/h3-7,10-11,20H,2,8-9,12H2,1H3. The van der Waals surface area contributed by atoms with Crippen LogP contribution in [0.4, 0.5) is 10.1 Å². The number of halogens is 1. The molecule has 0 atom stereocenters. The average Bonchev–Trinajstić information content (AvgIpc) is 2.99. The number of amides is 1. The van der Waals surface area contributed by atoms with Crippen LogP contribution in [0.25, 0.3) is 0 Å². The molecular weight excluding hydrogens is 279 g/mol. The van der Waals surface area contributed by atoms with E-state index in [0.717, 1.165) is 24.2 Å². The summed E-state index contributed by atoms with van der Waals surface area (Å²) < 4.78 is 13.3. The first kappa shape index (κ1) is 14.6. The van der Waals surface area contributed by atoms with Gasteiger partial charge in [0.15, 0.2) is 0 Å². The summed E-state index contributed by atoms with van der Waals surface area (Å²) >= 11 is 0. The molecule has 1 amide bonds. The van der Waals surface area contributed by atoms with Crippen LogP contribution >= 0.6 is 0 Å². The summed E-state index contributed by atoms with van der Waals surface area (Å²) in [7, 11) is 0. The number of rotatable bonds is 4. The molecule has 0 unspecified atom stereocenters. The molecule has 0 aromatic heterocycles. The van der Waals surface area contributed by atoms with Gasteiger partial charge in [0.2, 0.25) is 0 Å². The van der Waals surface area contributed by atoms with Gasteiger partial charge in [-0.25, -0.2) is 4.39 Å². The largest absolute Gasteiger partial charge is 0.384 e. The maximum absolute atomic E-state index is 13.3. The molecule has 0 spiro atoms. The Hall–Kier alpha value is -2.36. The van der Waals surface area contributed by atoms with Gasteiger partial charge in [0.1, 0.15) is 5.82 Å². The van der Waals surface area contributed by atoms with Gasteiger partial charge in [-0.2, -0.15) is 0 Å². The van der Waals surface area contributed by atoms with Crippen molar-refractivity contribution in [1.82, 2.24) is 4.90 Å². The Morgan fingerprint density at radius 1 is 1.27 bits per heavy atom. The zero-order chi connectivity index (χ0) is 15.5. The number of fused-ring (bicyclic) bond motifs is 1. The van der Waals surface area contributed by atoms with Gasteiger partial charge in [-0.05, 0) is 54.8 Å². The van der Waals surface area contributed by atoms with Gasteiger partial charge in [-0.1, -0.05) is 12.1 Å². The highest BCUT2D eigenvalue weighted by Crippen LogP contribution is 2.24. The molecule has 0 bridgehead atoms. The molecule has 2 aromatic carbocycles. The summed E-state index contributed by atoms with van der Waals surface area (Å²) in [6.07, 6.45) is 0.951. The van der Waals surface area contributed by atoms with Crippen molar-refractivity contribution in [2.24, 2.45) is 0 Å². The Bertz CT molecular complexity index is 699. The second kappa shape index (κ2) is 6.18. The second-order valence-electron chi connectivity index (χ2n) is 5.50. The third-order valence-electron chi connectivity index (χ3n) is 3.99. The Kier molecular flexibility index (Phi) is 4.09. The highest BCUT2D eigenvalue weighted by Gasteiger charge is 2.18. The molecule has 1 aliphatic heterocycles. The van der Waals surface area contributed by atoms with Crippen LogP contribution in [-0.4, -0.2) is 23.9 Å². The Morgan fingerprint density at radius 3 is 2.91 bits per heavy atom. The number of anilines is 1. The molecular formula is C18H19FN2O. The molecule has 1 aliphatic rings. The monoisotopic (exact) mass is 298 g/mol. The number of benzene rings is 2. The van der Waals surface area contributed by atoms with E-state index in [1.165, 1.54) is 17.7 Å². The lowest BCUT2D eigenvalue weighted by molar-refractivity contribution is 0.0752. The van der Waals surface area contributed by atoms with E-state index in [-0.39, 0.29) is 11.7 Å². The summed E-state index contributed by atoms with van der Waals surface area (Å²) in [5.41, 5.74) is 3.80. The predicted molar refractivity (Wildman–Crippen MR) is 85.5 cm³/mol. The van der Waals surface area contributed by atoms with E-state index in [9.17, 15) is 9.18 Å². The van der Waals surface area contributed by atoms with E-state index in [2.05, 4.69) is 5.32 Å². The Labute approximate surface area is 129 Å². The summed E-state index contributed by atoms with van der Waals surface area (Å²) in [4.78, 5) is 14.4. The molecule has 1 N–H and O–H groups in total. The summed E-state index contributed by atoms with van der Waals surface area (Å²) in [5, 5.41) is 3.29. The minimum Gasteiger partial charge on any atom is -0.384 e. The topological polar surface area (TPSA) is 32.3 Å². The van der Waals surface area contributed by atoms with Crippen LogP contribution in [0.1, 0.15) is 28.4 Å². The fraction of sp³-hybridized carbons (Fsp3) is 0.278. The lowest BCUT2D eigenvalue weighted by Crippen LogP contribution is -2.30. The molecule has 2 aromatic rings. The van der Waals surface area contributed by atoms with Gasteiger partial charge in [-0.3, -0.25) is 4.79 Å². The first-order valence-corrected chi connectivity index (χ1v) is 7.58. The van der Waals surface area contributed by atoms with Crippen molar-refractivity contribution in [3.8, 4) is 0 Å². The van der Waals surface area contributed by atoms with E-state index in [1.807, 2.05) is 31.2 Å². The van der Waals surface area contributed by atoms with Gasteiger partial charge >= 0.3 is 0 Å². The van der Waals surface area contributed by atoms with Crippen LogP contribution in [0.3, 0.4) is 0 Å². The zero-order valence-corrected chi connectivity index (χ0v) is 12.6. The second-order valence-corrected chi connectivity index (χ2v) is 5.50. The van der Waals surface area contributed by atoms with Crippen LogP contribution in [0.15, 0.2) is 42.5 Å². The van der Waals surface area contributed by atoms with Crippen LogP contribution in [-0.2, 0) is 13.0 Å². The summed E-state index contributed by atoms with van der Waals surface area (Å²) in [5.74, 6) is -0.286. The zero-order valence-electron chi connectivity index (χ0n) is 12.6. The predicted octanol–water partition coefficient (Wildman–Crippen LogP) is 3.46. The third-order valence-corrected chi connectivity index (χ3v) is 3.99. The van der Waals surface area contributed by atoms with Crippen LogP contribution in [0, 0.1) is 5.82 Å². The van der Waals surface area contributed by atoms with Crippen molar-refractivity contribution in [2.45, 2.75) is 19.9 Å². The fourth-order valence-corrected chi connectivity index (χ4v) is 2.80. The Morgan fingerprint density at radius 2 is 2.14 bits per heavy atom.